The summed E-state index contributed by atoms with van der Waals surface area (Å²) in [6.45, 7) is -0.208. The van der Waals surface area contributed by atoms with E-state index in [1.165, 1.54) is 16.2 Å². The smallest absolute Gasteiger partial charge is 0.305 e. The van der Waals surface area contributed by atoms with Crippen LogP contribution in [0, 0.1) is 29.6 Å². The lowest BCUT2D eigenvalue weighted by molar-refractivity contribution is -0.123. The molecule has 3 amide bonds. The summed E-state index contributed by atoms with van der Waals surface area (Å²) in [7, 11) is 1.58. The van der Waals surface area contributed by atoms with Crippen LogP contribution in [0.4, 0.5) is 11.4 Å². The van der Waals surface area contributed by atoms with Gasteiger partial charge in [-0.2, -0.15) is 0 Å². The molecule has 4 unspecified atom stereocenters. The van der Waals surface area contributed by atoms with Crippen LogP contribution in [0.5, 0.6) is 11.5 Å². The number of carbonyl (C=O) groups excluding carboxylic acids is 3. The number of hydrogen-bond acceptors (Lipinski definition) is 8. The lowest BCUT2D eigenvalue weighted by atomic mass is 9.68. The Morgan fingerprint density at radius 1 is 0.978 bits per heavy atom. The first-order chi connectivity index (χ1) is 22.3. The second kappa shape index (κ2) is 11.4. The summed E-state index contributed by atoms with van der Waals surface area (Å²) in [6, 6.07) is 22.0. The van der Waals surface area contributed by atoms with Gasteiger partial charge in [-0.05, 0) is 78.8 Å². The number of imide groups is 1. The molecule has 9 nitrogen and oxygen atoms in total. The molecule has 3 fully saturated rings. The van der Waals surface area contributed by atoms with Crippen molar-refractivity contribution in [2.45, 2.75) is 22.6 Å². The summed E-state index contributed by atoms with van der Waals surface area (Å²) in [5.41, 5.74) is 2.09. The van der Waals surface area contributed by atoms with E-state index in [9.17, 15) is 19.2 Å². The number of carbonyl (C=O) groups is 3. The van der Waals surface area contributed by atoms with E-state index in [2.05, 4.69) is 26.2 Å². The van der Waals surface area contributed by atoms with Crippen molar-refractivity contribution < 1.29 is 23.9 Å². The summed E-state index contributed by atoms with van der Waals surface area (Å²) in [5.74, 6) is -0.375. The number of halogens is 1. The highest BCUT2D eigenvalue weighted by atomic mass is 79.9. The van der Waals surface area contributed by atoms with Crippen molar-refractivity contribution in [1.29, 1.82) is 0 Å². The van der Waals surface area contributed by atoms with Gasteiger partial charge in [-0.1, -0.05) is 45.5 Å². The average molecular weight is 719 g/mol. The van der Waals surface area contributed by atoms with Crippen molar-refractivity contribution in [2.24, 2.45) is 29.6 Å². The van der Waals surface area contributed by atoms with E-state index in [1.807, 2.05) is 36.4 Å². The maximum absolute atomic E-state index is 14.0. The van der Waals surface area contributed by atoms with E-state index >= 15 is 0 Å². The van der Waals surface area contributed by atoms with Crippen LogP contribution in [0.1, 0.15) is 22.8 Å². The Hall–Kier alpha value is -3.87. The number of anilines is 2. The number of thioether (sulfide) groups is 1. The Labute approximate surface area is 280 Å². The van der Waals surface area contributed by atoms with Crippen LogP contribution in [0.15, 0.2) is 87.1 Å². The molecule has 4 aliphatic rings. The van der Waals surface area contributed by atoms with Crippen LogP contribution in [0.2, 0.25) is 0 Å². The number of methoxy groups -OCH3 is 1. The van der Waals surface area contributed by atoms with Gasteiger partial charge in [0.25, 0.3) is 5.91 Å². The molecule has 0 radical (unpaired) electrons. The predicted octanol–water partition coefficient (Wildman–Crippen LogP) is 5.90. The zero-order chi connectivity index (χ0) is 31.7. The third-order valence-electron chi connectivity index (χ3n) is 9.80. The normalized spacial score (nSPS) is 27.3. The number of aromatic nitrogens is 1. The largest absolute Gasteiger partial charge is 0.497 e. The van der Waals surface area contributed by atoms with Gasteiger partial charge < -0.3 is 19.8 Å². The quantitative estimate of drug-likeness (QED) is 0.229. The summed E-state index contributed by atoms with van der Waals surface area (Å²) < 4.78 is 12.2. The van der Waals surface area contributed by atoms with Crippen molar-refractivity contribution >= 4 is 68.1 Å². The number of nitrogens with zero attached hydrogens (tertiary/aromatic N) is 1. The third-order valence-corrected chi connectivity index (χ3v) is 12.9. The number of para-hydroxylation sites is 1. The minimum atomic E-state index is -0.411. The van der Waals surface area contributed by atoms with E-state index < -0.39 is 5.92 Å². The van der Waals surface area contributed by atoms with Crippen molar-refractivity contribution in [3.8, 4) is 11.5 Å². The molecule has 234 valence electrons. The molecule has 1 aromatic heterocycles. The Morgan fingerprint density at radius 3 is 2.43 bits per heavy atom. The minimum absolute atomic E-state index is 0.00399. The molecule has 3 aromatic carbocycles. The van der Waals surface area contributed by atoms with Crippen LogP contribution in [0.3, 0.4) is 0 Å². The molecule has 1 saturated heterocycles. The summed E-state index contributed by atoms with van der Waals surface area (Å²) in [5, 5.41) is 3.71. The topological polar surface area (TPSA) is 118 Å². The van der Waals surface area contributed by atoms with E-state index in [1.54, 1.807) is 55.3 Å². The Kier molecular flexibility index (Phi) is 7.34. The molecule has 2 N–H and O–H groups in total. The van der Waals surface area contributed by atoms with Crippen LogP contribution in [-0.4, -0.2) is 41.7 Å². The maximum atomic E-state index is 14.0. The van der Waals surface area contributed by atoms with Crippen molar-refractivity contribution in [3.63, 3.8) is 0 Å². The fourth-order valence-corrected chi connectivity index (χ4v) is 11.2. The molecule has 4 aromatic rings. The van der Waals surface area contributed by atoms with Crippen molar-refractivity contribution in [2.75, 3.05) is 23.9 Å². The van der Waals surface area contributed by atoms with Gasteiger partial charge in [-0.3, -0.25) is 24.1 Å². The van der Waals surface area contributed by atoms with E-state index in [4.69, 9.17) is 9.47 Å². The maximum Gasteiger partial charge on any atom is 0.305 e. The average Bonchev–Trinajstić information content (AvgIpc) is 3.80. The Morgan fingerprint density at radius 2 is 1.70 bits per heavy atom. The van der Waals surface area contributed by atoms with Crippen LogP contribution >= 0.6 is 39.0 Å². The van der Waals surface area contributed by atoms with Crippen molar-refractivity contribution in [1.82, 2.24) is 4.98 Å². The van der Waals surface area contributed by atoms with Gasteiger partial charge in [0.15, 0.2) is 6.61 Å². The summed E-state index contributed by atoms with van der Waals surface area (Å²) in [6.07, 6.45) is 0.784. The highest BCUT2D eigenvalue weighted by Crippen LogP contribution is 2.69. The number of fused-ring (bicyclic) bond motifs is 9. The number of thiazole rings is 1. The molecule has 46 heavy (non-hydrogen) atoms. The van der Waals surface area contributed by atoms with E-state index in [0.717, 1.165) is 26.4 Å². The number of nitrogens with one attached hydrogen (secondary N) is 2. The molecular weight excluding hydrogens is 690 g/mol. The number of H-pyrrole nitrogens is 1. The zero-order valence-corrected chi connectivity index (χ0v) is 27.7. The molecule has 0 spiro atoms. The molecule has 2 bridgehead atoms. The van der Waals surface area contributed by atoms with Crippen molar-refractivity contribution in [3.05, 3.63) is 97.4 Å². The van der Waals surface area contributed by atoms with Gasteiger partial charge in [0.05, 0.1) is 29.7 Å². The molecule has 2 aliphatic carbocycles. The van der Waals surface area contributed by atoms with Gasteiger partial charge in [-0.25, -0.2) is 0 Å². The highest BCUT2D eigenvalue weighted by molar-refractivity contribution is 9.10. The highest BCUT2D eigenvalue weighted by Gasteiger charge is 2.69. The minimum Gasteiger partial charge on any atom is -0.497 e. The van der Waals surface area contributed by atoms with E-state index in [-0.39, 0.29) is 64.0 Å². The number of ether oxygens (including phenoxy) is 2. The standard InChI is InChI=1S/C34H28BrN3O6S2/c1-43-19-12-8-17(9-13-19)36-24(39)15-44-23-5-3-2-4-20(23)25-26-21-14-22(29(26)45-31-30(25)46-34(42)37-31)28-27(21)32(40)38(33(28)41)18-10-6-16(35)7-11-18/h2-13,21-22,25-29H,14-15H2,1H3,(H,36,39)(H,37,42)/t21-,22-,25-,26?,27?,28?,29?/m1/s1. The fourth-order valence-electron chi connectivity index (χ4n) is 8.09. The van der Waals surface area contributed by atoms with Gasteiger partial charge in [0.1, 0.15) is 11.5 Å². The summed E-state index contributed by atoms with van der Waals surface area (Å²) in [4.78, 5) is 58.7. The molecule has 2 saturated carbocycles. The second-order valence-corrected chi connectivity index (χ2v) is 15.2. The lowest BCUT2D eigenvalue weighted by Crippen LogP contribution is -2.42. The monoisotopic (exact) mass is 717 g/mol. The Balaban J connectivity index is 1.10. The van der Waals surface area contributed by atoms with Gasteiger partial charge in [-0.15, -0.1) is 11.8 Å². The van der Waals surface area contributed by atoms with Gasteiger partial charge >= 0.3 is 4.87 Å². The van der Waals surface area contributed by atoms with Crippen LogP contribution < -0.4 is 24.6 Å². The van der Waals surface area contributed by atoms with Crippen LogP contribution in [-0.2, 0) is 14.4 Å². The van der Waals surface area contributed by atoms with E-state index in [0.29, 0.717) is 22.9 Å². The number of rotatable bonds is 7. The number of amides is 3. The zero-order valence-electron chi connectivity index (χ0n) is 24.5. The first kappa shape index (κ1) is 29.5. The number of aromatic amines is 1. The summed E-state index contributed by atoms with van der Waals surface area (Å²) >= 11 is 6.27. The second-order valence-electron chi connectivity index (χ2n) is 12.1. The first-order valence-corrected chi connectivity index (χ1v) is 17.5. The molecule has 7 atom stereocenters. The SMILES string of the molecule is COc1ccc(NC(=O)COc2ccccc2[C@H]2c3sc(=O)[nH]c3SC3C2[C@H]2C[C@@H]3C3C(=O)N(c4ccc(Br)cc4)C(=O)C32)cc1. The number of benzene rings is 3. The Bertz CT molecular complexity index is 1930. The predicted molar refractivity (Wildman–Crippen MR) is 179 cm³/mol. The number of hydrogen-bond donors (Lipinski definition) is 2. The molecule has 3 heterocycles. The van der Waals surface area contributed by atoms with Gasteiger partial charge in [0.2, 0.25) is 11.8 Å². The first-order valence-electron chi connectivity index (χ1n) is 15.0. The molecular formula is C34H28BrN3O6S2. The third kappa shape index (κ3) is 4.72. The van der Waals surface area contributed by atoms with Crippen LogP contribution in [0.25, 0.3) is 0 Å². The molecule has 8 rings (SSSR count). The molecule has 12 heteroatoms. The lowest BCUT2D eigenvalue weighted by Gasteiger charge is -2.43. The fraction of sp³-hybridized carbons (Fsp3) is 0.294. The molecule has 2 aliphatic heterocycles. The van der Waals surface area contributed by atoms with Gasteiger partial charge in [0, 0.05) is 31.8 Å².